The number of fused-ring (bicyclic) bond motifs is 1. The maximum atomic E-state index is 13.3. The van der Waals surface area contributed by atoms with E-state index < -0.39 is 0 Å². The molecule has 0 saturated heterocycles. The van der Waals surface area contributed by atoms with Crippen LogP contribution in [0.3, 0.4) is 0 Å². The lowest BCUT2D eigenvalue weighted by Gasteiger charge is -2.10. The van der Waals surface area contributed by atoms with Crippen LogP contribution in [0.5, 0.6) is 5.75 Å². The summed E-state index contributed by atoms with van der Waals surface area (Å²) in [6.45, 7) is 3.85. The van der Waals surface area contributed by atoms with E-state index >= 15 is 0 Å². The molecule has 0 aliphatic carbocycles. The molecule has 4 rings (SSSR count). The molecule has 0 unspecified atom stereocenters. The fourth-order valence-corrected chi connectivity index (χ4v) is 3.47. The molecule has 5 heteroatoms. The van der Waals surface area contributed by atoms with Crippen LogP contribution in [0.1, 0.15) is 18.1 Å². The van der Waals surface area contributed by atoms with Crippen molar-refractivity contribution in [2.24, 2.45) is 0 Å². The molecule has 1 N–H and O–H groups in total. The number of nitrogens with one attached hydrogen (secondary N) is 1. The Kier molecular flexibility index (Phi) is 5.58. The van der Waals surface area contributed by atoms with Gasteiger partial charge in [-0.1, -0.05) is 29.8 Å². The van der Waals surface area contributed by atoms with Crippen molar-refractivity contribution in [3.05, 3.63) is 89.9 Å². The number of carbonyl (C=O) groups is 1. The second kappa shape index (κ2) is 8.48. The summed E-state index contributed by atoms with van der Waals surface area (Å²) >= 11 is 0. The molecule has 0 saturated carbocycles. The Bertz CT molecular complexity index is 1270. The minimum absolute atomic E-state index is 0.227. The van der Waals surface area contributed by atoms with Crippen molar-refractivity contribution in [2.75, 3.05) is 12.4 Å². The molecule has 156 valence electrons. The zero-order chi connectivity index (χ0) is 22.0. The Hall–Kier alpha value is -3.86. The Morgan fingerprint density at radius 3 is 2.45 bits per heavy atom. The number of aryl methyl sites for hydroxylation is 1. The van der Waals surface area contributed by atoms with Gasteiger partial charge in [0.15, 0.2) is 0 Å². The minimum Gasteiger partial charge on any atom is -0.496 e. The predicted octanol–water partition coefficient (Wildman–Crippen LogP) is 6.60. The van der Waals surface area contributed by atoms with Crippen molar-refractivity contribution in [2.45, 2.75) is 13.8 Å². The van der Waals surface area contributed by atoms with Gasteiger partial charge in [-0.2, -0.15) is 0 Å². The van der Waals surface area contributed by atoms with Crippen molar-refractivity contribution in [3.8, 4) is 16.9 Å². The molecular formula is C26H22FNO3. The molecule has 0 spiro atoms. The molecule has 4 nitrogen and oxygen atoms in total. The van der Waals surface area contributed by atoms with Crippen LogP contribution in [0.25, 0.3) is 27.7 Å². The van der Waals surface area contributed by atoms with Crippen LogP contribution in [0.4, 0.5) is 10.1 Å². The quantitative estimate of drug-likeness (QED) is 0.374. The highest BCUT2D eigenvalue weighted by Crippen LogP contribution is 2.37. The second-order valence-corrected chi connectivity index (χ2v) is 7.39. The zero-order valence-corrected chi connectivity index (χ0v) is 17.5. The van der Waals surface area contributed by atoms with Gasteiger partial charge >= 0.3 is 0 Å². The van der Waals surface area contributed by atoms with Crippen LogP contribution in [-0.2, 0) is 4.79 Å². The van der Waals surface area contributed by atoms with E-state index in [1.165, 1.54) is 12.1 Å². The topological polar surface area (TPSA) is 51.5 Å². The molecule has 0 bridgehead atoms. The maximum absolute atomic E-state index is 13.3. The highest BCUT2D eigenvalue weighted by Gasteiger charge is 2.15. The summed E-state index contributed by atoms with van der Waals surface area (Å²) in [5.74, 6) is 0.0797. The molecule has 0 atom stereocenters. The average Bonchev–Trinajstić information content (AvgIpc) is 3.17. The smallest absolute Gasteiger partial charge is 0.248 e. The monoisotopic (exact) mass is 415 g/mol. The Morgan fingerprint density at radius 2 is 1.77 bits per heavy atom. The van der Waals surface area contributed by atoms with E-state index in [0.717, 1.165) is 38.9 Å². The van der Waals surface area contributed by atoms with E-state index in [9.17, 15) is 9.18 Å². The van der Waals surface area contributed by atoms with Gasteiger partial charge in [-0.15, -0.1) is 0 Å². The van der Waals surface area contributed by atoms with Crippen molar-refractivity contribution in [1.82, 2.24) is 0 Å². The van der Waals surface area contributed by atoms with Gasteiger partial charge in [0.2, 0.25) is 5.91 Å². The lowest BCUT2D eigenvalue weighted by molar-refractivity contribution is -0.111. The average molecular weight is 415 g/mol. The standard InChI is InChI=1S/C26H22FNO3/c1-16-4-10-20(11-5-16)28-26(29)12-17(2)21-13-22-23(18-6-8-19(27)9-7-18)15-31-25(22)14-24(21)30-3/h4-15H,1-3H3,(H,28,29)/b17-12+. The summed E-state index contributed by atoms with van der Waals surface area (Å²) < 4.78 is 24.6. The first-order valence-corrected chi connectivity index (χ1v) is 9.86. The van der Waals surface area contributed by atoms with Gasteiger partial charge in [0.1, 0.15) is 17.1 Å². The lowest BCUT2D eigenvalue weighted by atomic mass is 9.99. The number of hydrogen-bond donors (Lipinski definition) is 1. The van der Waals surface area contributed by atoms with Crippen LogP contribution in [-0.4, -0.2) is 13.0 Å². The maximum Gasteiger partial charge on any atom is 0.248 e. The minimum atomic E-state index is -0.294. The number of carbonyl (C=O) groups excluding carboxylic acids is 1. The molecular weight excluding hydrogens is 393 g/mol. The summed E-state index contributed by atoms with van der Waals surface area (Å²) in [6.07, 6.45) is 3.19. The van der Waals surface area contributed by atoms with Gasteiger partial charge in [-0.05, 0) is 55.3 Å². The molecule has 0 aliphatic rings. The summed E-state index contributed by atoms with van der Waals surface area (Å²) in [6, 6.07) is 17.6. The van der Waals surface area contributed by atoms with Gasteiger partial charge < -0.3 is 14.5 Å². The van der Waals surface area contributed by atoms with Crippen molar-refractivity contribution in [1.29, 1.82) is 0 Å². The normalized spacial score (nSPS) is 11.5. The third kappa shape index (κ3) is 4.36. The van der Waals surface area contributed by atoms with E-state index in [1.54, 1.807) is 37.6 Å². The summed E-state index contributed by atoms with van der Waals surface area (Å²) in [5, 5.41) is 3.73. The van der Waals surface area contributed by atoms with Crippen LogP contribution in [0.2, 0.25) is 0 Å². The number of methoxy groups -OCH3 is 1. The number of allylic oxidation sites excluding steroid dienone is 1. The molecule has 0 aliphatic heterocycles. The molecule has 0 fully saturated rings. The van der Waals surface area contributed by atoms with Crippen LogP contribution < -0.4 is 10.1 Å². The lowest BCUT2D eigenvalue weighted by Crippen LogP contribution is -2.08. The van der Waals surface area contributed by atoms with E-state index in [1.807, 2.05) is 44.2 Å². The van der Waals surface area contributed by atoms with E-state index in [-0.39, 0.29) is 11.7 Å². The third-order valence-electron chi connectivity index (χ3n) is 5.14. The number of benzene rings is 3. The Balaban J connectivity index is 1.70. The van der Waals surface area contributed by atoms with Gasteiger partial charge in [-0.3, -0.25) is 4.79 Å². The molecule has 1 amide bonds. The largest absolute Gasteiger partial charge is 0.496 e. The molecule has 0 radical (unpaired) electrons. The highest BCUT2D eigenvalue weighted by atomic mass is 19.1. The molecule has 1 aromatic heterocycles. The van der Waals surface area contributed by atoms with Crippen molar-refractivity contribution in [3.63, 3.8) is 0 Å². The first-order valence-electron chi connectivity index (χ1n) is 9.86. The van der Waals surface area contributed by atoms with Gasteiger partial charge in [0, 0.05) is 34.3 Å². The van der Waals surface area contributed by atoms with E-state index in [4.69, 9.17) is 9.15 Å². The number of ether oxygens (including phenoxy) is 1. The summed E-state index contributed by atoms with van der Waals surface area (Å²) in [5.41, 5.74) is 5.71. The fraction of sp³-hybridized carbons (Fsp3) is 0.115. The first kappa shape index (κ1) is 20.4. The zero-order valence-electron chi connectivity index (χ0n) is 17.5. The number of halogens is 1. The predicted molar refractivity (Wildman–Crippen MR) is 122 cm³/mol. The van der Waals surface area contributed by atoms with Crippen molar-refractivity contribution < 1.29 is 18.3 Å². The number of hydrogen-bond acceptors (Lipinski definition) is 3. The number of rotatable bonds is 5. The Morgan fingerprint density at radius 1 is 1.06 bits per heavy atom. The molecule has 4 aromatic rings. The highest BCUT2D eigenvalue weighted by molar-refractivity contribution is 6.05. The number of anilines is 1. The second-order valence-electron chi connectivity index (χ2n) is 7.39. The molecule has 3 aromatic carbocycles. The number of furan rings is 1. The third-order valence-corrected chi connectivity index (χ3v) is 5.14. The summed E-state index contributed by atoms with van der Waals surface area (Å²) in [4.78, 5) is 12.5. The summed E-state index contributed by atoms with van der Waals surface area (Å²) in [7, 11) is 1.58. The number of amides is 1. The molecule has 1 heterocycles. The van der Waals surface area contributed by atoms with Gasteiger partial charge in [-0.25, -0.2) is 4.39 Å². The molecule has 31 heavy (non-hydrogen) atoms. The van der Waals surface area contributed by atoms with E-state index in [2.05, 4.69) is 5.32 Å². The van der Waals surface area contributed by atoms with Gasteiger partial charge in [0.25, 0.3) is 0 Å². The van der Waals surface area contributed by atoms with E-state index in [0.29, 0.717) is 11.3 Å². The van der Waals surface area contributed by atoms with Gasteiger partial charge in [0.05, 0.1) is 13.4 Å². The van der Waals surface area contributed by atoms with Crippen LogP contribution in [0.15, 0.2) is 77.4 Å². The van der Waals surface area contributed by atoms with Crippen molar-refractivity contribution >= 4 is 28.1 Å². The first-order chi connectivity index (χ1) is 14.9. The fourth-order valence-electron chi connectivity index (χ4n) is 3.47. The SMILES string of the molecule is COc1cc2occ(-c3ccc(F)cc3)c2cc1/C(C)=C/C(=O)Nc1ccc(C)cc1. The van der Waals surface area contributed by atoms with Crippen LogP contribution >= 0.6 is 0 Å². The van der Waals surface area contributed by atoms with Crippen LogP contribution in [0, 0.1) is 12.7 Å². The Labute approximate surface area is 180 Å².